The highest BCUT2D eigenvalue weighted by Crippen LogP contribution is 2.34. The van der Waals surface area contributed by atoms with Gasteiger partial charge in [0.1, 0.15) is 5.75 Å². The molecule has 0 unspecified atom stereocenters. The molecule has 0 amide bonds. The monoisotopic (exact) mass is 402 g/mol. The number of ether oxygens (including phenoxy) is 1. The van der Waals surface area contributed by atoms with Crippen LogP contribution in [0, 0.1) is 9.39 Å². The fourth-order valence-electron chi connectivity index (χ4n) is 1.92. The normalized spacial score (nSPS) is 11.0. The van der Waals surface area contributed by atoms with Gasteiger partial charge < -0.3 is 9.30 Å². The molecule has 0 aliphatic rings. The van der Waals surface area contributed by atoms with Crippen molar-refractivity contribution in [2.75, 3.05) is 0 Å². The summed E-state index contributed by atoms with van der Waals surface area (Å²) in [6.45, 7) is 0. The molecule has 102 valence electrons. The molecule has 6 heteroatoms. The molecule has 20 heavy (non-hydrogen) atoms. The predicted octanol–water partition coefficient (Wildman–Crippen LogP) is 4.76. The van der Waals surface area contributed by atoms with Gasteiger partial charge in [0.15, 0.2) is 11.6 Å². The highest BCUT2D eigenvalue weighted by Gasteiger charge is 2.12. The van der Waals surface area contributed by atoms with Crippen LogP contribution in [-0.4, -0.2) is 9.55 Å². The van der Waals surface area contributed by atoms with E-state index < -0.39 is 5.82 Å². The van der Waals surface area contributed by atoms with Crippen molar-refractivity contribution in [3.63, 3.8) is 0 Å². The van der Waals surface area contributed by atoms with Crippen LogP contribution in [0.5, 0.6) is 11.5 Å². The first kappa shape index (κ1) is 13.6. The number of halogens is 3. The van der Waals surface area contributed by atoms with E-state index >= 15 is 0 Å². The van der Waals surface area contributed by atoms with E-state index in [4.69, 9.17) is 16.3 Å². The van der Waals surface area contributed by atoms with Gasteiger partial charge in [0.25, 0.3) is 0 Å². The standard InChI is InChI=1S/C14H9ClFIN2O/c1-19-7-18-12-6-9(2-3-13(12)19)20-14-10(15)4-8(17)5-11(14)16/h2-7H,1H3. The zero-order valence-corrected chi connectivity index (χ0v) is 13.3. The van der Waals surface area contributed by atoms with Crippen molar-refractivity contribution in [2.24, 2.45) is 7.05 Å². The number of fused-ring (bicyclic) bond motifs is 1. The Balaban J connectivity index is 2.01. The van der Waals surface area contributed by atoms with Gasteiger partial charge in [-0.3, -0.25) is 0 Å². The molecule has 0 aliphatic heterocycles. The number of aryl methyl sites for hydroxylation is 1. The van der Waals surface area contributed by atoms with Gasteiger partial charge in [0.2, 0.25) is 0 Å². The first-order valence-electron chi connectivity index (χ1n) is 5.78. The van der Waals surface area contributed by atoms with Gasteiger partial charge in [-0.1, -0.05) is 11.6 Å². The summed E-state index contributed by atoms with van der Waals surface area (Å²) in [7, 11) is 1.91. The van der Waals surface area contributed by atoms with Crippen molar-refractivity contribution in [3.8, 4) is 11.5 Å². The number of imidazole rings is 1. The van der Waals surface area contributed by atoms with E-state index in [1.165, 1.54) is 6.07 Å². The van der Waals surface area contributed by atoms with Crippen molar-refractivity contribution >= 4 is 45.2 Å². The van der Waals surface area contributed by atoms with E-state index in [1.54, 1.807) is 24.5 Å². The maximum Gasteiger partial charge on any atom is 0.181 e. The van der Waals surface area contributed by atoms with Crippen LogP contribution in [0.1, 0.15) is 0 Å². The number of hydrogen-bond donors (Lipinski definition) is 0. The molecule has 3 rings (SSSR count). The van der Waals surface area contributed by atoms with E-state index in [2.05, 4.69) is 4.98 Å². The van der Waals surface area contributed by atoms with Crippen LogP contribution in [0.4, 0.5) is 4.39 Å². The number of hydrogen-bond acceptors (Lipinski definition) is 2. The molecule has 0 spiro atoms. The largest absolute Gasteiger partial charge is 0.453 e. The average Bonchev–Trinajstić information content (AvgIpc) is 2.75. The Morgan fingerprint density at radius 2 is 2.10 bits per heavy atom. The molecular weight excluding hydrogens is 394 g/mol. The van der Waals surface area contributed by atoms with Crippen LogP contribution in [0.15, 0.2) is 36.7 Å². The van der Waals surface area contributed by atoms with Crippen LogP contribution in [-0.2, 0) is 7.05 Å². The van der Waals surface area contributed by atoms with Gasteiger partial charge in [-0.05, 0) is 46.9 Å². The Kier molecular flexibility index (Phi) is 3.55. The minimum Gasteiger partial charge on any atom is -0.453 e. The van der Waals surface area contributed by atoms with Gasteiger partial charge >= 0.3 is 0 Å². The summed E-state index contributed by atoms with van der Waals surface area (Å²) in [4.78, 5) is 4.23. The van der Waals surface area contributed by atoms with Gasteiger partial charge in [-0.15, -0.1) is 0 Å². The third kappa shape index (κ3) is 2.47. The Hall–Kier alpha value is -1.34. The zero-order chi connectivity index (χ0) is 14.3. The minimum atomic E-state index is -0.483. The molecule has 3 nitrogen and oxygen atoms in total. The molecule has 0 atom stereocenters. The SMILES string of the molecule is Cn1cnc2cc(Oc3c(F)cc(I)cc3Cl)ccc21. The number of aromatic nitrogens is 2. The molecular formula is C14H9ClFIN2O. The summed E-state index contributed by atoms with van der Waals surface area (Å²) in [6, 6.07) is 8.41. The molecule has 0 N–H and O–H groups in total. The number of rotatable bonds is 2. The van der Waals surface area contributed by atoms with Crippen LogP contribution >= 0.6 is 34.2 Å². The molecule has 0 bridgehead atoms. The summed E-state index contributed by atoms with van der Waals surface area (Å²) < 4.78 is 22.1. The lowest BCUT2D eigenvalue weighted by Gasteiger charge is -2.09. The Morgan fingerprint density at radius 1 is 1.30 bits per heavy atom. The Morgan fingerprint density at radius 3 is 2.85 bits per heavy atom. The maximum absolute atomic E-state index is 13.9. The smallest absolute Gasteiger partial charge is 0.181 e. The summed E-state index contributed by atoms with van der Waals surface area (Å²) in [5, 5.41) is 0.246. The summed E-state index contributed by atoms with van der Waals surface area (Å²) in [5.41, 5.74) is 1.76. The van der Waals surface area contributed by atoms with Crippen LogP contribution in [0.3, 0.4) is 0 Å². The second-order valence-corrected chi connectivity index (χ2v) is 5.96. The van der Waals surface area contributed by atoms with E-state index in [1.807, 2.05) is 40.3 Å². The summed E-state index contributed by atoms with van der Waals surface area (Å²) in [6.07, 6.45) is 1.72. The number of benzene rings is 2. The van der Waals surface area contributed by atoms with Crippen molar-refractivity contribution in [1.82, 2.24) is 9.55 Å². The summed E-state index contributed by atoms with van der Waals surface area (Å²) >= 11 is 8.02. The first-order valence-corrected chi connectivity index (χ1v) is 7.24. The second-order valence-electron chi connectivity index (χ2n) is 4.31. The molecule has 0 fully saturated rings. The maximum atomic E-state index is 13.9. The highest BCUT2D eigenvalue weighted by atomic mass is 127. The van der Waals surface area contributed by atoms with Gasteiger partial charge in [0.05, 0.1) is 22.4 Å². The van der Waals surface area contributed by atoms with Gasteiger partial charge in [-0.25, -0.2) is 9.37 Å². The van der Waals surface area contributed by atoms with Crippen LogP contribution in [0.2, 0.25) is 5.02 Å². The van der Waals surface area contributed by atoms with E-state index in [0.29, 0.717) is 5.75 Å². The molecule has 1 heterocycles. The van der Waals surface area contributed by atoms with Crippen molar-refractivity contribution in [2.45, 2.75) is 0 Å². The fraction of sp³-hybridized carbons (Fsp3) is 0.0714. The second kappa shape index (κ2) is 5.21. The Labute approximate surface area is 133 Å². The predicted molar refractivity (Wildman–Crippen MR) is 84.9 cm³/mol. The lowest BCUT2D eigenvalue weighted by atomic mass is 10.3. The van der Waals surface area contributed by atoms with Gasteiger partial charge in [0, 0.05) is 16.7 Å². The van der Waals surface area contributed by atoms with Gasteiger partial charge in [-0.2, -0.15) is 0 Å². The number of nitrogens with zero attached hydrogens (tertiary/aromatic N) is 2. The van der Waals surface area contributed by atoms with Crippen LogP contribution in [0.25, 0.3) is 11.0 Å². The topological polar surface area (TPSA) is 27.1 Å². The van der Waals surface area contributed by atoms with E-state index in [9.17, 15) is 4.39 Å². The Bertz CT molecular complexity index is 780. The average molecular weight is 403 g/mol. The third-order valence-corrected chi connectivity index (χ3v) is 3.78. The summed E-state index contributed by atoms with van der Waals surface area (Å²) in [5.74, 6) is 0.0450. The molecule has 0 aliphatic carbocycles. The van der Waals surface area contributed by atoms with E-state index in [0.717, 1.165) is 14.6 Å². The van der Waals surface area contributed by atoms with Crippen molar-refractivity contribution in [3.05, 3.63) is 51.1 Å². The lowest BCUT2D eigenvalue weighted by Crippen LogP contribution is -1.91. The molecule has 3 aromatic rings. The zero-order valence-electron chi connectivity index (χ0n) is 10.4. The highest BCUT2D eigenvalue weighted by molar-refractivity contribution is 14.1. The van der Waals surface area contributed by atoms with E-state index in [-0.39, 0.29) is 10.8 Å². The minimum absolute atomic E-state index is 0.0300. The van der Waals surface area contributed by atoms with Crippen LogP contribution < -0.4 is 4.74 Å². The molecule has 2 aromatic carbocycles. The third-order valence-electron chi connectivity index (χ3n) is 2.88. The quantitative estimate of drug-likeness (QED) is 0.578. The molecule has 0 radical (unpaired) electrons. The molecule has 0 saturated carbocycles. The molecule has 0 saturated heterocycles. The lowest BCUT2D eigenvalue weighted by molar-refractivity contribution is 0.442. The van der Waals surface area contributed by atoms with Crippen molar-refractivity contribution in [1.29, 1.82) is 0 Å². The van der Waals surface area contributed by atoms with Crippen molar-refractivity contribution < 1.29 is 9.13 Å². The molecule has 1 aromatic heterocycles. The fourth-order valence-corrected chi connectivity index (χ4v) is 2.94. The first-order chi connectivity index (χ1) is 9.54.